The van der Waals surface area contributed by atoms with Crippen LogP contribution >= 0.6 is 11.3 Å². The first-order valence-corrected chi connectivity index (χ1v) is 7.18. The quantitative estimate of drug-likeness (QED) is 0.878. The lowest BCUT2D eigenvalue weighted by molar-refractivity contribution is 0.247. The summed E-state index contributed by atoms with van der Waals surface area (Å²) in [6.07, 6.45) is 4.35. The summed E-state index contributed by atoms with van der Waals surface area (Å²) in [4.78, 5) is 4.18. The van der Waals surface area contributed by atoms with E-state index in [4.69, 9.17) is 0 Å². The third-order valence-corrected chi connectivity index (χ3v) is 4.48. The second kappa shape index (κ2) is 5.85. The Labute approximate surface area is 122 Å². The van der Waals surface area contributed by atoms with Crippen LogP contribution in [0.15, 0.2) is 34.8 Å². The highest BCUT2D eigenvalue weighted by Crippen LogP contribution is 2.35. The maximum atomic E-state index is 13.8. The molecule has 0 amide bonds. The molecular weight excluding hydrogens is 273 g/mol. The Kier molecular flexibility index (Phi) is 4.35. The zero-order chi connectivity index (χ0) is 13.4. The smallest absolute Gasteiger partial charge is 0.141 e. The highest BCUT2D eigenvalue weighted by atomic mass is 32.1. The van der Waals surface area contributed by atoms with E-state index in [9.17, 15) is 9.50 Å². The van der Waals surface area contributed by atoms with Gasteiger partial charge in [-0.25, -0.2) is 4.39 Å². The van der Waals surface area contributed by atoms with Crippen molar-refractivity contribution in [2.24, 2.45) is 4.99 Å². The number of hydrogen-bond donors (Lipinski definition) is 1. The molecule has 2 aromatic rings. The van der Waals surface area contributed by atoms with E-state index in [1.54, 1.807) is 12.3 Å². The minimum Gasteiger partial charge on any atom is -0.382 e. The van der Waals surface area contributed by atoms with Crippen molar-refractivity contribution in [2.45, 2.75) is 33.3 Å². The third kappa shape index (κ3) is 2.30. The number of fused-ring (bicyclic) bond motifs is 1. The molecule has 1 aliphatic heterocycles. The summed E-state index contributed by atoms with van der Waals surface area (Å²) >= 11 is 1.40. The Morgan fingerprint density at radius 3 is 2.90 bits per heavy atom. The van der Waals surface area contributed by atoms with Crippen LogP contribution < -0.4 is 0 Å². The van der Waals surface area contributed by atoms with Crippen LogP contribution in [0.25, 0.3) is 10.1 Å². The van der Waals surface area contributed by atoms with Crippen molar-refractivity contribution in [1.82, 2.24) is 0 Å². The van der Waals surface area contributed by atoms with Gasteiger partial charge in [0.1, 0.15) is 11.9 Å². The first kappa shape index (κ1) is 14.9. The zero-order valence-corrected chi connectivity index (χ0v) is 11.4. The molecule has 0 fully saturated rings. The predicted octanol–water partition coefficient (Wildman–Crippen LogP) is 4.63. The molecule has 2 nitrogen and oxygen atoms in total. The lowest BCUT2D eigenvalue weighted by Crippen LogP contribution is -2.10. The molecule has 1 N–H and O–H groups in total. The van der Waals surface area contributed by atoms with Crippen molar-refractivity contribution in [1.29, 1.82) is 0 Å². The van der Waals surface area contributed by atoms with Crippen LogP contribution in [-0.2, 0) is 6.42 Å². The molecule has 20 heavy (non-hydrogen) atoms. The maximum absolute atomic E-state index is 13.8. The van der Waals surface area contributed by atoms with Gasteiger partial charge in [0.2, 0.25) is 0 Å². The first-order chi connectivity index (χ1) is 9.22. The van der Waals surface area contributed by atoms with Crippen LogP contribution in [0.4, 0.5) is 4.39 Å². The standard InChI is InChI=1S/C15H14FNOS.CH4/c1-2-9-8-19-15-11(16)6-5-10(13(9)15)14(18)12-4-3-7-17-12;/h3,5-8,14,18H,2,4H2,1H3;1H4. The minimum absolute atomic E-state index is 0. The van der Waals surface area contributed by atoms with Gasteiger partial charge in [0.25, 0.3) is 0 Å². The summed E-state index contributed by atoms with van der Waals surface area (Å²) in [5, 5.41) is 13.3. The number of halogens is 1. The Balaban J connectivity index is 0.00000147. The van der Waals surface area contributed by atoms with E-state index in [0.717, 1.165) is 28.6 Å². The van der Waals surface area contributed by atoms with Crippen LogP contribution in [0.2, 0.25) is 0 Å². The molecule has 0 bridgehead atoms. The summed E-state index contributed by atoms with van der Waals surface area (Å²) in [6.45, 7) is 2.04. The molecule has 3 rings (SSSR count). The number of nitrogens with zero attached hydrogens (tertiary/aromatic N) is 1. The number of aliphatic imine (C=N–C) groups is 1. The van der Waals surface area contributed by atoms with Crippen LogP contribution in [-0.4, -0.2) is 10.8 Å². The van der Waals surface area contributed by atoms with Crippen LogP contribution in [0.5, 0.6) is 0 Å². The van der Waals surface area contributed by atoms with E-state index < -0.39 is 6.10 Å². The van der Waals surface area contributed by atoms with E-state index in [1.165, 1.54) is 17.4 Å². The van der Waals surface area contributed by atoms with Crippen molar-refractivity contribution in [3.05, 3.63) is 46.7 Å². The summed E-state index contributed by atoms with van der Waals surface area (Å²) in [6, 6.07) is 3.11. The SMILES string of the molecule is C.CCc1csc2c(F)ccc(C(O)C3=NC=CC3)c12. The third-order valence-electron chi connectivity index (χ3n) is 3.45. The number of aliphatic hydroxyl groups excluding tert-OH is 1. The molecule has 1 unspecified atom stereocenters. The Morgan fingerprint density at radius 1 is 1.45 bits per heavy atom. The molecule has 0 saturated heterocycles. The van der Waals surface area contributed by atoms with Crippen LogP contribution in [0.3, 0.4) is 0 Å². The van der Waals surface area contributed by atoms with Gasteiger partial charge in [-0.15, -0.1) is 11.3 Å². The fourth-order valence-corrected chi connectivity index (χ4v) is 3.52. The summed E-state index contributed by atoms with van der Waals surface area (Å²) < 4.78 is 14.5. The molecule has 106 valence electrons. The fourth-order valence-electron chi connectivity index (χ4n) is 2.43. The van der Waals surface area contributed by atoms with Gasteiger partial charge in [0.05, 0.1) is 10.4 Å². The zero-order valence-electron chi connectivity index (χ0n) is 10.6. The van der Waals surface area contributed by atoms with E-state index in [-0.39, 0.29) is 13.2 Å². The number of aliphatic hydroxyl groups is 1. The van der Waals surface area contributed by atoms with Gasteiger partial charge in [-0.2, -0.15) is 0 Å². The molecule has 1 aromatic carbocycles. The van der Waals surface area contributed by atoms with E-state index in [0.29, 0.717) is 11.1 Å². The maximum Gasteiger partial charge on any atom is 0.141 e. The van der Waals surface area contributed by atoms with Crippen molar-refractivity contribution < 1.29 is 9.50 Å². The second-order valence-corrected chi connectivity index (χ2v) is 5.45. The highest BCUT2D eigenvalue weighted by Gasteiger charge is 2.21. The Hall–Kier alpha value is -1.52. The Morgan fingerprint density at radius 2 is 2.25 bits per heavy atom. The molecular formula is C16H18FNOS. The van der Waals surface area contributed by atoms with Crippen molar-refractivity contribution in [3.8, 4) is 0 Å². The van der Waals surface area contributed by atoms with E-state index in [2.05, 4.69) is 4.99 Å². The van der Waals surface area contributed by atoms with Crippen molar-refractivity contribution in [2.75, 3.05) is 0 Å². The fraction of sp³-hybridized carbons (Fsp3) is 0.312. The van der Waals surface area contributed by atoms with E-state index >= 15 is 0 Å². The average molecular weight is 291 g/mol. The molecule has 2 heterocycles. The van der Waals surface area contributed by atoms with Gasteiger partial charge >= 0.3 is 0 Å². The molecule has 0 spiro atoms. The number of allylic oxidation sites excluding steroid dienone is 1. The first-order valence-electron chi connectivity index (χ1n) is 6.30. The van der Waals surface area contributed by atoms with Gasteiger partial charge in [-0.3, -0.25) is 4.99 Å². The Bertz CT molecular complexity index is 687. The topological polar surface area (TPSA) is 32.6 Å². The van der Waals surface area contributed by atoms with E-state index in [1.807, 2.05) is 18.4 Å². The molecule has 1 aliphatic rings. The largest absolute Gasteiger partial charge is 0.382 e. The van der Waals surface area contributed by atoms with Crippen molar-refractivity contribution >= 4 is 27.1 Å². The van der Waals surface area contributed by atoms with Gasteiger partial charge in [0.15, 0.2) is 0 Å². The number of rotatable bonds is 3. The number of benzene rings is 1. The number of hydrogen-bond acceptors (Lipinski definition) is 3. The number of aryl methyl sites for hydroxylation is 1. The second-order valence-electron chi connectivity index (χ2n) is 4.57. The molecule has 1 aromatic heterocycles. The van der Waals surface area contributed by atoms with Crippen molar-refractivity contribution in [3.63, 3.8) is 0 Å². The van der Waals surface area contributed by atoms with Gasteiger partial charge in [-0.05, 0) is 29.0 Å². The minimum atomic E-state index is -0.752. The number of thiophene rings is 1. The molecule has 0 radical (unpaired) electrons. The molecule has 0 aliphatic carbocycles. The average Bonchev–Trinajstić information content (AvgIpc) is 3.08. The summed E-state index contributed by atoms with van der Waals surface area (Å²) in [5.74, 6) is -0.220. The lowest BCUT2D eigenvalue weighted by atomic mass is 9.97. The lowest BCUT2D eigenvalue weighted by Gasteiger charge is -2.13. The van der Waals surface area contributed by atoms with Gasteiger partial charge < -0.3 is 5.11 Å². The van der Waals surface area contributed by atoms with Gasteiger partial charge in [0, 0.05) is 18.0 Å². The predicted molar refractivity (Wildman–Crippen MR) is 84.0 cm³/mol. The normalized spacial score (nSPS) is 15.2. The summed E-state index contributed by atoms with van der Waals surface area (Å²) in [5.41, 5.74) is 2.57. The molecule has 4 heteroatoms. The molecule has 1 atom stereocenters. The molecule has 0 saturated carbocycles. The van der Waals surface area contributed by atoms with Gasteiger partial charge in [-0.1, -0.05) is 26.5 Å². The van der Waals surface area contributed by atoms with Crippen LogP contribution in [0, 0.1) is 5.82 Å². The summed E-state index contributed by atoms with van der Waals surface area (Å²) in [7, 11) is 0. The monoisotopic (exact) mass is 291 g/mol. The highest BCUT2D eigenvalue weighted by molar-refractivity contribution is 7.17. The van der Waals surface area contributed by atoms with Crippen LogP contribution in [0.1, 0.15) is 38.0 Å².